The summed E-state index contributed by atoms with van der Waals surface area (Å²) >= 11 is 1.39. The molecule has 0 radical (unpaired) electrons. The first-order valence-corrected chi connectivity index (χ1v) is 11.0. The smallest absolute Gasteiger partial charge is 0.274 e. The molecule has 9 nitrogen and oxygen atoms in total. The molecule has 5 heterocycles. The van der Waals surface area contributed by atoms with E-state index in [9.17, 15) is 14.4 Å². The summed E-state index contributed by atoms with van der Waals surface area (Å²) in [6, 6.07) is 3.32. The third-order valence-electron chi connectivity index (χ3n) is 5.72. The zero-order valence-electron chi connectivity index (χ0n) is 16.7. The number of carbonyl (C=O) groups excluding carboxylic acids is 2. The van der Waals surface area contributed by atoms with Crippen LogP contribution in [0.15, 0.2) is 40.9 Å². The lowest BCUT2D eigenvalue weighted by Crippen LogP contribution is -2.40. The van der Waals surface area contributed by atoms with E-state index in [1.165, 1.54) is 29.9 Å². The monoisotopic (exact) mass is 436 g/mol. The highest BCUT2D eigenvalue weighted by molar-refractivity contribution is 7.12. The van der Waals surface area contributed by atoms with Crippen LogP contribution in [0.3, 0.4) is 0 Å². The minimum absolute atomic E-state index is 0.0688. The van der Waals surface area contributed by atoms with Crippen molar-refractivity contribution in [3.63, 3.8) is 0 Å². The summed E-state index contributed by atoms with van der Waals surface area (Å²) in [5.41, 5.74) is 1.25. The quantitative estimate of drug-likeness (QED) is 0.670. The number of nitrogens with zero attached hydrogens (tertiary/aromatic N) is 5. The fourth-order valence-electron chi connectivity index (χ4n) is 4.18. The molecule has 1 atom stereocenters. The van der Waals surface area contributed by atoms with Crippen molar-refractivity contribution in [2.45, 2.75) is 31.8 Å². The Hall–Kier alpha value is -3.40. The SMILES string of the molecule is O=C(c1cccs1)N1CCc2nc([C@@H]3CCCN3C(=O)c3cnccn3)[nH]c(=O)c2C1. The van der Waals surface area contributed by atoms with Gasteiger partial charge in [0.15, 0.2) is 0 Å². The largest absolute Gasteiger partial charge is 0.333 e. The summed E-state index contributed by atoms with van der Waals surface area (Å²) in [6.07, 6.45) is 6.50. The van der Waals surface area contributed by atoms with Gasteiger partial charge >= 0.3 is 0 Å². The molecular formula is C21H20N6O3S. The van der Waals surface area contributed by atoms with Crippen LogP contribution in [0, 0.1) is 0 Å². The second-order valence-corrected chi connectivity index (χ2v) is 8.53. The summed E-state index contributed by atoms with van der Waals surface area (Å²) in [7, 11) is 0. The van der Waals surface area contributed by atoms with E-state index in [0.717, 1.165) is 12.8 Å². The Morgan fingerprint density at radius 3 is 2.87 bits per heavy atom. The number of fused-ring (bicyclic) bond motifs is 1. The van der Waals surface area contributed by atoms with Gasteiger partial charge in [0.05, 0.1) is 34.9 Å². The average molecular weight is 436 g/mol. The highest BCUT2D eigenvalue weighted by Gasteiger charge is 2.34. The van der Waals surface area contributed by atoms with E-state index in [1.54, 1.807) is 15.9 Å². The Labute approximate surface area is 181 Å². The molecular weight excluding hydrogens is 416 g/mol. The Morgan fingerprint density at radius 2 is 2.10 bits per heavy atom. The Kier molecular flexibility index (Phi) is 5.06. The molecule has 0 spiro atoms. The molecule has 0 unspecified atom stereocenters. The Bertz CT molecular complexity index is 1180. The van der Waals surface area contributed by atoms with Gasteiger partial charge in [0.25, 0.3) is 17.4 Å². The van der Waals surface area contributed by atoms with Gasteiger partial charge in [0.2, 0.25) is 0 Å². The number of nitrogens with one attached hydrogen (secondary N) is 1. The third kappa shape index (κ3) is 3.63. The normalized spacial score (nSPS) is 18.1. The van der Waals surface area contributed by atoms with Gasteiger partial charge in [0.1, 0.15) is 11.5 Å². The van der Waals surface area contributed by atoms with E-state index in [-0.39, 0.29) is 35.7 Å². The van der Waals surface area contributed by atoms with Crippen LogP contribution in [0.1, 0.15) is 56.1 Å². The van der Waals surface area contributed by atoms with Crippen LogP contribution in [0.25, 0.3) is 0 Å². The number of rotatable bonds is 3. The average Bonchev–Trinajstić information content (AvgIpc) is 3.51. The molecule has 2 amide bonds. The lowest BCUT2D eigenvalue weighted by Gasteiger charge is -2.29. The molecule has 0 bridgehead atoms. The number of likely N-dealkylation sites (tertiary alicyclic amines) is 1. The summed E-state index contributed by atoms with van der Waals surface area (Å²) in [5, 5.41) is 1.86. The number of carbonyl (C=O) groups is 2. The van der Waals surface area contributed by atoms with E-state index >= 15 is 0 Å². The Balaban J connectivity index is 1.40. The second kappa shape index (κ2) is 8.03. The zero-order valence-corrected chi connectivity index (χ0v) is 17.5. The topological polar surface area (TPSA) is 112 Å². The van der Waals surface area contributed by atoms with Crippen molar-refractivity contribution in [1.29, 1.82) is 0 Å². The maximum atomic E-state index is 12.9. The number of thiophene rings is 1. The van der Waals surface area contributed by atoms with Gasteiger partial charge in [-0.1, -0.05) is 6.07 Å². The van der Waals surface area contributed by atoms with Crippen molar-refractivity contribution in [2.75, 3.05) is 13.1 Å². The minimum Gasteiger partial charge on any atom is -0.333 e. The van der Waals surface area contributed by atoms with Crippen LogP contribution in [0.2, 0.25) is 0 Å². The molecule has 31 heavy (non-hydrogen) atoms. The van der Waals surface area contributed by atoms with Crippen LogP contribution in [0.5, 0.6) is 0 Å². The van der Waals surface area contributed by atoms with Gasteiger partial charge in [-0.25, -0.2) is 9.97 Å². The van der Waals surface area contributed by atoms with E-state index < -0.39 is 0 Å². The lowest BCUT2D eigenvalue weighted by molar-refractivity contribution is 0.0714. The predicted molar refractivity (Wildman–Crippen MR) is 113 cm³/mol. The molecule has 10 heteroatoms. The first-order chi connectivity index (χ1) is 15.1. The fourth-order valence-corrected chi connectivity index (χ4v) is 4.87. The first-order valence-electron chi connectivity index (χ1n) is 10.1. The molecule has 0 aromatic carbocycles. The molecule has 3 aromatic rings. The van der Waals surface area contributed by atoms with Crippen LogP contribution >= 0.6 is 11.3 Å². The molecule has 2 aliphatic rings. The maximum absolute atomic E-state index is 12.9. The highest BCUT2D eigenvalue weighted by Crippen LogP contribution is 2.31. The summed E-state index contributed by atoms with van der Waals surface area (Å²) < 4.78 is 0. The fraction of sp³-hybridized carbons (Fsp3) is 0.333. The summed E-state index contributed by atoms with van der Waals surface area (Å²) in [5.74, 6) is 0.209. The molecule has 0 aliphatic carbocycles. The molecule has 1 N–H and O–H groups in total. The summed E-state index contributed by atoms with van der Waals surface area (Å²) in [6.45, 7) is 1.32. The van der Waals surface area contributed by atoms with Crippen LogP contribution in [-0.4, -0.2) is 54.6 Å². The number of hydrogen-bond acceptors (Lipinski definition) is 7. The molecule has 0 saturated carbocycles. The van der Waals surface area contributed by atoms with E-state index in [1.807, 2.05) is 11.4 Å². The lowest BCUT2D eigenvalue weighted by atomic mass is 10.1. The molecule has 158 valence electrons. The van der Waals surface area contributed by atoms with Gasteiger partial charge in [-0.05, 0) is 24.3 Å². The highest BCUT2D eigenvalue weighted by atomic mass is 32.1. The molecule has 2 aliphatic heterocycles. The third-order valence-corrected chi connectivity index (χ3v) is 6.58. The van der Waals surface area contributed by atoms with Crippen LogP contribution in [0.4, 0.5) is 0 Å². The van der Waals surface area contributed by atoms with Crippen LogP contribution < -0.4 is 5.56 Å². The maximum Gasteiger partial charge on any atom is 0.274 e. The Morgan fingerprint density at radius 1 is 1.19 bits per heavy atom. The number of aromatic amines is 1. The molecule has 3 aromatic heterocycles. The van der Waals surface area contributed by atoms with Crippen molar-refractivity contribution in [3.8, 4) is 0 Å². The second-order valence-electron chi connectivity index (χ2n) is 7.58. The zero-order chi connectivity index (χ0) is 21.4. The number of hydrogen-bond donors (Lipinski definition) is 1. The number of aromatic nitrogens is 4. The number of H-pyrrole nitrogens is 1. The van der Waals surface area contributed by atoms with E-state index in [0.29, 0.717) is 41.5 Å². The molecule has 1 saturated heterocycles. The standard InChI is InChI=1S/C21H20N6O3S/c28-19-13-12-26(21(30)17-4-2-10-31-17)9-5-14(13)24-18(25-19)16-3-1-8-27(16)20(29)15-11-22-6-7-23-15/h2,4,6-7,10-11,16H,1,3,5,8-9,12H2,(H,24,25,28)/t16-/m0/s1. The first kappa shape index (κ1) is 19.6. The molecule has 5 rings (SSSR count). The minimum atomic E-state index is -0.307. The van der Waals surface area contributed by atoms with Gasteiger partial charge < -0.3 is 14.8 Å². The van der Waals surface area contributed by atoms with Crippen LogP contribution in [-0.2, 0) is 13.0 Å². The van der Waals surface area contributed by atoms with Crippen molar-refractivity contribution >= 4 is 23.2 Å². The van der Waals surface area contributed by atoms with E-state index in [4.69, 9.17) is 4.98 Å². The predicted octanol–water partition coefficient (Wildman–Crippen LogP) is 1.80. The van der Waals surface area contributed by atoms with Crippen molar-refractivity contribution in [2.24, 2.45) is 0 Å². The van der Waals surface area contributed by atoms with Gasteiger partial charge in [-0.3, -0.25) is 19.4 Å². The van der Waals surface area contributed by atoms with Gasteiger partial charge in [0, 0.05) is 31.9 Å². The van der Waals surface area contributed by atoms with Gasteiger partial charge in [-0.2, -0.15) is 0 Å². The number of amides is 2. The van der Waals surface area contributed by atoms with Gasteiger partial charge in [-0.15, -0.1) is 11.3 Å². The van der Waals surface area contributed by atoms with Crippen molar-refractivity contribution < 1.29 is 9.59 Å². The summed E-state index contributed by atoms with van der Waals surface area (Å²) in [4.78, 5) is 58.2. The van der Waals surface area contributed by atoms with E-state index in [2.05, 4.69) is 15.0 Å². The van der Waals surface area contributed by atoms with Crippen molar-refractivity contribution in [3.05, 3.63) is 74.1 Å². The molecule has 1 fully saturated rings. The van der Waals surface area contributed by atoms with Crippen molar-refractivity contribution in [1.82, 2.24) is 29.7 Å².